The van der Waals surface area contributed by atoms with Crippen molar-refractivity contribution in [3.05, 3.63) is 47.8 Å². The maximum absolute atomic E-state index is 13.2. The Morgan fingerprint density at radius 2 is 2.03 bits per heavy atom. The molecule has 0 unspecified atom stereocenters. The summed E-state index contributed by atoms with van der Waals surface area (Å²) in [5.74, 6) is 2.23. The van der Waals surface area contributed by atoms with Gasteiger partial charge in [-0.3, -0.25) is 0 Å². The molecule has 8 nitrogen and oxygen atoms in total. The zero-order valence-electron chi connectivity index (χ0n) is 18.1. The predicted octanol–water partition coefficient (Wildman–Crippen LogP) is 3.13. The molecule has 9 heteroatoms. The van der Waals surface area contributed by atoms with Crippen LogP contribution in [0.3, 0.4) is 0 Å². The van der Waals surface area contributed by atoms with Crippen LogP contribution in [0.1, 0.15) is 45.7 Å². The fraction of sp³-hybridized carbons (Fsp3) is 0.500. The third-order valence-corrected chi connectivity index (χ3v) is 5.86. The molecule has 0 radical (unpaired) electrons. The van der Waals surface area contributed by atoms with Crippen LogP contribution in [0.5, 0.6) is 0 Å². The van der Waals surface area contributed by atoms with E-state index in [1.807, 2.05) is 38.7 Å². The van der Waals surface area contributed by atoms with Gasteiger partial charge in [0.25, 0.3) is 0 Å². The molecule has 2 aliphatic rings. The van der Waals surface area contributed by atoms with E-state index in [9.17, 15) is 14.0 Å². The van der Waals surface area contributed by atoms with Crippen LogP contribution in [0.4, 0.5) is 9.18 Å². The molecular weight excluding hydrogens is 401 g/mol. The Labute approximate surface area is 180 Å². The lowest BCUT2D eigenvalue weighted by molar-refractivity contribution is -0.0206. The molecule has 0 aromatic carbocycles. The van der Waals surface area contributed by atoms with Gasteiger partial charge in [-0.15, -0.1) is 0 Å². The van der Waals surface area contributed by atoms with Gasteiger partial charge in [0.05, 0.1) is 23.9 Å². The quantitative estimate of drug-likeness (QED) is 0.700. The van der Waals surface area contributed by atoms with Crippen LogP contribution in [-0.4, -0.2) is 61.8 Å². The molecule has 0 aliphatic carbocycles. The Hall–Kier alpha value is -3.19. The number of rotatable bonds is 3. The highest BCUT2D eigenvalue weighted by atomic mass is 19.1. The lowest BCUT2D eigenvalue weighted by atomic mass is 9.77. The number of carbonyl (C=O) groups excluding carboxylic acids is 2. The van der Waals surface area contributed by atoms with E-state index in [4.69, 9.17) is 4.74 Å². The van der Waals surface area contributed by atoms with Gasteiger partial charge in [0.2, 0.25) is 0 Å². The van der Waals surface area contributed by atoms with Gasteiger partial charge in [-0.05, 0) is 45.7 Å². The standard InChI is InChI=1S/C22H26FN5O3/c1-15(16-5-6-19(24-9-16)28-11-17(23)10-25-28)27-8-7-22(18(27)12-29)13-26(14-22)20(30)31-21(2,3)4/h5-6,9-11,15H,7-8,13-14H2,1-4H3/t15-/m0/s1. The van der Waals surface area contributed by atoms with E-state index < -0.39 is 11.4 Å². The van der Waals surface area contributed by atoms with Crippen LogP contribution in [-0.2, 0) is 9.53 Å². The molecule has 31 heavy (non-hydrogen) atoms. The SMILES string of the molecule is C[C@@H](c1ccc(-n2cc(F)cn2)nc1)N1CCC2(CN(C(=O)OC(C)(C)C)C2)C1=C=O. The molecule has 2 aromatic heterocycles. The highest BCUT2D eigenvalue weighted by Gasteiger charge is 2.55. The number of aromatic nitrogens is 3. The Bertz CT molecular complexity index is 1030. The first-order valence-corrected chi connectivity index (χ1v) is 10.3. The van der Waals surface area contributed by atoms with Crippen LogP contribution in [0.15, 0.2) is 36.4 Å². The average molecular weight is 427 g/mol. The molecule has 2 fully saturated rings. The highest BCUT2D eigenvalue weighted by Crippen LogP contribution is 2.49. The zero-order valence-corrected chi connectivity index (χ0v) is 18.1. The minimum absolute atomic E-state index is 0.0951. The lowest BCUT2D eigenvalue weighted by Crippen LogP contribution is -2.59. The lowest BCUT2D eigenvalue weighted by Gasteiger charge is -2.48. The maximum atomic E-state index is 13.2. The van der Waals surface area contributed by atoms with Gasteiger partial charge >= 0.3 is 6.09 Å². The number of amides is 1. The topological polar surface area (TPSA) is 80.6 Å². The minimum atomic E-state index is -0.555. The van der Waals surface area contributed by atoms with E-state index in [-0.39, 0.29) is 17.6 Å². The number of carbonyl (C=O) groups is 1. The van der Waals surface area contributed by atoms with E-state index >= 15 is 0 Å². The Balaban J connectivity index is 1.45. The molecule has 1 amide bonds. The molecular formula is C22H26FN5O3. The molecule has 0 saturated carbocycles. The van der Waals surface area contributed by atoms with E-state index in [1.54, 1.807) is 17.2 Å². The second kappa shape index (κ2) is 7.50. The number of ether oxygens (including phenoxy) is 1. The third-order valence-electron chi connectivity index (χ3n) is 5.86. The molecule has 4 rings (SSSR count). The van der Waals surface area contributed by atoms with Gasteiger partial charge in [0.15, 0.2) is 11.6 Å². The summed E-state index contributed by atoms with van der Waals surface area (Å²) < 4.78 is 20.0. The summed E-state index contributed by atoms with van der Waals surface area (Å²) in [6, 6.07) is 3.57. The largest absolute Gasteiger partial charge is 0.444 e. The van der Waals surface area contributed by atoms with Crippen LogP contribution < -0.4 is 0 Å². The molecule has 2 saturated heterocycles. The minimum Gasteiger partial charge on any atom is -0.444 e. The van der Waals surface area contributed by atoms with E-state index in [2.05, 4.69) is 16.0 Å². The van der Waals surface area contributed by atoms with Crippen molar-refractivity contribution in [2.24, 2.45) is 5.41 Å². The first kappa shape index (κ1) is 21.1. The summed E-state index contributed by atoms with van der Waals surface area (Å²) in [4.78, 5) is 32.3. The average Bonchev–Trinajstić information content (AvgIpc) is 3.28. The number of hydrogen-bond donors (Lipinski definition) is 0. The van der Waals surface area contributed by atoms with Crippen molar-refractivity contribution >= 4 is 12.0 Å². The molecule has 164 valence electrons. The van der Waals surface area contributed by atoms with Crippen molar-refractivity contribution in [3.63, 3.8) is 0 Å². The van der Waals surface area contributed by atoms with Crippen molar-refractivity contribution < 1.29 is 18.7 Å². The summed E-state index contributed by atoms with van der Waals surface area (Å²) in [6.07, 6.45) is 4.52. The van der Waals surface area contributed by atoms with E-state index in [0.29, 0.717) is 31.1 Å². The van der Waals surface area contributed by atoms with Crippen molar-refractivity contribution in [1.82, 2.24) is 24.6 Å². The second-order valence-electron chi connectivity index (χ2n) is 9.24. The molecule has 1 spiro atoms. The number of likely N-dealkylation sites (tertiary alicyclic amines) is 2. The smallest absolute Gasteiger partial charge is 0.410 e. The van der Waals surface area contributed by atoms with E-state index in [0.717, 1.165) is 18.2 Å². The molecule has 0 N–H and O–H groups in total. The van der Waals surface area contributed by atoms with Gasteiger partial charge in [0, 0.05) is 25.8 Å². The summed E-state index contributed by atoms with van der Waals surface area (Å²) >= 11 is 0. The Morgan fingerprint density at radius 1 is 1.29 bits per heavy atom. The van der Waals surface area contributed by atoms with Gasteiger partial charge in [0.1, 0.15) is 17.2 Å². The van der Waals surface area contributed by atoms with Crippen LogP contribution >= 0.6 is 0 Å². The first-order chi connectivity index (χ1) is 14.6. The van der Waals surface area contributed by atoms with Crippen molar-refractivity contribution in [3.8, 4) is 5.82 Å². The van der Waals surface area contributed by atoms with Crippen LogP contribution in [0, 0.1) is 11.2 Å². The Kier molecular flexibility index (Phi) is 5.09. The summed E-state index contributed by atoms with van der Waals surface area (Å²) in [5, 5.41) is 3.92. The van der Waals surface area contributed by atoms with Crippen molar-refractivity contribution in [2.45, 2.75) is 45.8 Å². The molecule has 4 heterocycles. The molecule has 2 aromatic rings. The van der Waals surface area contributed by atoms with Gasteiger partial charge in [-0.2, -0.15) is 5.10 Å². The first-order valence-electron chi connectivity index (χ1n) is 10.3. The predicted molar refractivity (Wildman–Crippen MR) is 111 cm³/mol. The van der Waals surface area contributed by atoms with Crippen LogP contribution in [0.2, 0.25) is 0 Å². The molecule has 0 bridgehead atoms. The summed E-state index contributed by atoms with van der Waals surface area (Å²) in [5.41, 5.74) is 0.593. The number of halogens is 1. The monoisotopic (exact) mass is 427 g/mol. The zero-order chi connectivity index (χ0) is 22.4. The number of pyridine rings is 1. The van der Waals surface area contributed by atoms with Gasteiger partial charge < -0.3 is 14.5 Å². The molecule has 2 aliphatic heterocycles. The molecule has 1 atom stereocenters. The van der Waals surface area contributed by atoms with Crippen LogP contribution in [0.25, 0.3) is 5.82 Å². The number of nitrogens with zero attached hydrogens (tertiary/aromatic N) is 5. The summed E-state index contributed by atoms with van der Waals surface area (Å²) in [6.45, 7) is 9.11. The van der Waals surface area contributed by atoms with Crippen molar-refractivity contribution in [1.29, 1.82) is 0 Å². The maximum Gasteiger partial charge on any atom is 0.410 e. The van der Waals surface area contributed by atoms with Gasteiger partial charge in [-0.25, -0.2) is 23.6 Å². The highest BCUT2D eigenvalue weighted by molar-refractivity contribution is 5.71. The van der Waals surface area contributed by atoms with Crippen molar-refractivity contribution in [2.75, 3.05) is 19.6 Å². The fourth-order valence-corrected chi connectivity index (χ4v) is 4.26. The Morgan fingerprint density at radius 3 is 2.58 bits per heavy atom. The second-order valence-corrected chi connectivity index (χ2v) is 9.24. The third kappa shape index (κ3) is 3.93. The summed E-state index contributed by atoms with van der Waals surface area (Å²) in [7, 11) is 0. The van der Waals surface area contributed by atoms with Gasteiger partial charge in [-0.1, -0.05) is 6.07 Å². The fourth-order valence-electron chi connectivity index (χ4n) is 4.26. The normalized spacial score (nSPS) is 18.7. The number of hydrogen-bond acceptors (Lipinski definition) is 6. The van der Waals surface area contributed by atoms with E-state index in [1.165, 1.54) is 10.9 Å².